The van der Waals surface area contributed by atoms with Gasteiger partial charge in [-0.3, -0.25) is 29.8 Å². The van der Waals surface area contributed by atoms with Crippen LogP contribution >= 0.6 is 0 Å². The Hall–Kier alpha value is -4.02. The van der Waals surface area contributed by atoms with Crippen LogP contribution < -0.4 is 10.6 Å². The Kier molecular flexibility index (Phi) is 8.63. The van der Waals surface area contributed by atoms with E-state index >= 15 is 0 Å². The van der Waals surface area contributed by atoms with E-state index in [4.69, 9.17) is 4.74 Å². The maximum absolute atomic E-state index is 12.5. The molecule has 0 bridgehead atoms. The molecule has 170 valence electrons. The normalized spacial score (nSPS) is 11.5. The second-order valence-electron chi connectivity index (χ2n) is 7.13. The lowest BCUT2D eigenvalue weighted by molar-refractivity contribution is -0.385. The van der Waals surface area contributed by atoms with Crippen molar-refractivity contribution in [2.45, 2.75) is 38.8 Å². The number of nitro groups is 2. The summed E-state index contributed by atoms with van der Waals surface area (Å²) < 4.78 is 5.12. The molecule has 0 aliphatic rings. The minimum absolute atomic E-state index is 0.0801. The van der Waals surface area contributed by atoms with Crippen LogP contribution in [0, 0.1) is 20.2 Å². The molecule has 0 heterocycles. The first-order valence-electron chi connectivity index (χ1n) is 9.88. The quantitative estimate of drug-likeness (QED) is 0.303. The average Bonchev–Trinajstić information content (AvgIpc) is 2.73. The molecule has 0 saturated carbocycles. The fourth-order valence-electron chi connectivity index (χ4n) is 3.02. The minimum atomic E-state index is -0.971. The Morgan fingerprint density at radius 2 is 1.56 bits per heavy atom. The molecular weight excluding hydrogens is 420 g/mol. The van der Waals surface area contributed by atoms with Gasteiger partial charge in [-0.25, -0.2) is 0 Å². The van der Waals surface area contributed by atoms with Gasteiger partial charge in [-0.15, -0.1) is 0 Å². The minimum Gasteiger partial charge on any atom is -0.463 e. The molecule has 32 heavy (non-hydrogen) atoms. The summed E-state index contributed by atoms with van der Waals surface area (Å²) in [7, 11) is 0. The Balaban J connectivity index is 2.10. The van der Waals surface area contributed by atoms with Crippen molar-refractivity contribution < 1.29 is 24.2 Å². The van der Waals surface area contributed by atoms with Crippen molar-refractivity contribution >= 4 is 28.9 Å². The van der Waals surface area contributed by atoms with E-state index in [1.54, 1.807) is 26.0 Å². The zero-order valence-corrected chi connectivity index (χ0v) is 17.6. The van der Waals surface area contributed by atoms with Crippen LogP contribution in [0.3, 0.4) is 0 Å². The zero-order valence-electron chi connectivity index (χ0n) is 17.6. The number of hydrogen-bond donors (Lipinski definition) is 2. The summed E-state index contributed by atoms with van der Waals surface area (Å²) in [4.78, 5) is 46.1. The number of ether oxygens (including phenoxy) is 1. The van der Waals surface area contributed by atoms with E-state index in [0.717, 1.165) is 0 Å². The number of anilines is 1. The van der Waals surface area contributed by atoms with Crippen LogP contribution in [0.4, 0.5) is 17.1 Å². The summed E-state index contributed by atoms with van der Waals surface area (Å²) >= 11 is 0. The van der Waals surface area contributed by atoms with Gasteiger partial charge >= 0.3 is 5.97 Å². The number of hydrogen-bond acceptors (Lipinski definition) is 8. The van der Waals surface area contributed by atoms with E-state index in [1.807, 2.05) is 0 Å². The first-order chi connectivity index (χ1) is 15.2. The molecule has 2 rings (SSSR count). The highest BCUT2D eigenvalue weighted by Gasteiger charge is 2.26. The number of esters is 1. The number of benzene rings is 2. The SMILES string of the molecule is CC(C)OC(=O)CC(NC(=O)CCNc1ccccc1[N+](=O)[O-])c1ccccc1[N+](=O)[O-]. The molecular formula is C21H24N4O7. The number of nitro benzene ring substituents is 2. The molecule has 1 amide bonds. The molecule has 2 aromatic rings. The van der Waals surface area contributed by atoms with Crippen molar-refractivity contribution in [1.29, 1.82) is 0 Å². The predicted molar refractivity (Wildman–Crippen MR) is 116 cm³/mol. The van der Waals surface area contributed by atoms with Gasteiger partial charge in [0.2, 0.25) is 5.91 Å². The van der Waals surface area contributed by atoms with Crippen molar-refractivity contribution in [1.82, 2.24) is 5.32 Å². The van der Waals surface area contributed by atoms with Gasteiger partial charge in [0.1, 0.15) is 5.69 Å². The summed E-state index contributed by atoms with van der Waals surface area (Å²) in [5, 5.41) is 27.9. The fraction of sp³-hybridized carbons (Fsp3) is 0.333. The number of rotatable bonds is 11. The predicted octanol–water partition coefficient (Wildman–Crippen LogP) is 3.50. The third-order valence-electron chi connectivity index (χ3n) is 4.35. The van der Waals surface area contributed by atoms with E-state index in [9.17, 15) is 29.8 Å². The van der Waals surface area contributed by atoms with Crippen molar-refractivity contribution in [3.05, 3.63) is 74.3 Å². The van der Waals surface area contributed by atoms with Crippen LogP contribution in [0.15, 0.2) is 48.5 Å². The molecule has 11 heteroatoms. The Morgan fingerprint density at radius 1 is 0.969 bits per heavy atom. The summed E-state index contributed by atoms with van der Waals surface area (Å²) in [6.45, 7) is 3.42. The number of nitrogens with one attached hydrogen (secondary N) is 2. The highest BCUT2D eigenvalue weighted by molar-refractivity contribution is 5.79. The van der Waals surface area contributed by atoms with E-state index in [2.05, 4.69) is 10.6 Å². The van der Waals surface area contributed by atoms with Crippen molar-refractivity contribution in [2.75, 3.05) is 11.9 Å². The first kappa shape index (κ1) is 24.3. The topological polar surface area (TPSA) is 154 Å². The lowest BCUT2D eigenvalue weighted by Gasteiger charge is -2.19. The third kappa shape index (κ3) is 7.04. The molecule has 0 aliphatic heterocycles. The molecule has 11 nitrogen and oxygen atoms in total. The molecule has 0 radical (unpaired) electrons. The lowest BCUT2D eigenvalue weighted by atomic mass is 10.0. The molecule has 2 aromatic carbocycles. The Labute approximate surface area is 184 Å². The number of carbonyl (C=O) groups excluding carboxylic acids is 2. The third-order valence-corrected chi connectivity index (χ3v) is 4.35. The Bertz CT molecular complexity index is 994. The zero-order chi connectivity index (χ0) is 23.7. The number of nitrogens with zero attached hydrogens (tertiary/aromatic N) is 2. The van der Waals surface area contributed by atoms with Crippen LogP contribution in [-0.4, -0.2) is 34.4 Å². The molecule has 0 saturated heterocycles. The van der Waals surface area contributed by atoms with Gasteiger partial charge in [0, 0.05) is 25.1 Å². The van der Waals surface area contributed by atoms with Crippen LogP contribution in [0.2, 0.25) is 0 Å². The highest BCUT2D eigenvalue weighted by Crippen LogP contribution is 2.28. The van der Waals surface area contributed by atoms with Crippen molar-refractivity contribution in [3.8, 4) is 0 Å². The van der Waals surface area contributed by atoms with Crippen LogP contribution in [0.1, 0.15) is 38.3 Å². The second kappa shape index (κ2) is 11.4. The molecule has 0 fully saturated rings. The van der Waals surface area contributed by atoms with Gasteiger partial charge < -0.3 is 15.4 Å². The van der Waals surface area contributed by atoms with E-state index in [-0.39, 0.29) is 48.1 Å². The maximum Gasteiger partial charge on any atom is 0.308 e. The fourth-order valence-corrected chi connectivity index (χ4v) is 3.02. The van der Waals surface area contributed by atoms with E-state index in [0.29, 0.717) is 0 Å². The lowest BCUT2D eigenvalue weighted by Crippen LogP contribution is -2.32. The van der Waals surface area contributed by atoms with Crippen molar-refractivity contribution in [2.24, 2.45) is 0 Å². The van der Waals surface area contributed by atoms with Gasteiger partial charge in [0.25, 0.3) is 11.4 Å². The number of carbonyl (C=O) groups is 2. The highest BCUT2D eigenvalue weighted by atomic mass is 16.6. The van der Waals surface area contributed by atoms with Gasteiger partial charge in [-0.05, 0) is 19.9 Å². The van der Waals surface area contributed by atoms with Crippen LogP contribution in [0.5, 0.6) is 0 Å². The number of para-hydroxylation sites is 3. The summed E-state index contributed by atoms with van der Waals surface area (Å²) in [6, 6.07) is 10.9. The maximum atomic E-state index is 12.5. The molecule has 2 N–H and O–H groups in total. The molecule has 0 aliphatic carbocycles. The monoisotopic (exact) mass is 444 g/mol. The summed E-state index contributed by atoms with van der Waals surface area (Å²) in [5.41, 5.74) is 0.0922. The van der Waals surface area contributed by atoms with Gasteiger partial charge in [-0.1, -0.05) is 30.3 Å². The molecule has 1 unspecified atom stereocenters. The van der Waals surface area contributed by atoms with Gasteiger partial charge in [0.15, 0.2) is 0 Å². The van der Waals surface area contributed by atoms with Gasteiger partial charge in [0.05, 0.1) is 34.0 Å². The van der Waals surface area contributed by atoms with Crippen LogP contribution in [0.25, 0.3) is 0 Å². The smallest absolute Gasteiger partial charge is 0.308 e. The molecule has 1 atom stereocenters. The standard InChI is InChI=1S/C21H24N4O7/c1-14(2)32-21(27)13-17(15-7-3-5-9-18(15)24(28)29)23-20(26)11-12-22-16-8-4-6-10-19(16)25(30)31/h3-10,14,17,22H,11-13H2,1-2H3,(H,23,26). The molecule has 0 spiro atoms. The Morgan fingerprint density at radius 3 is 2.19 bits per heavy atom. The van der Waals surface area contributed by atoms with E-state index in [1.165, 1.54) is 36.4 Å². The second-order valence-corrected chi connectivity index (χ2v) is 7.13. The number of amides is 1. The van der Waals surface area contributed by atoms with Crippen molar-refractivity contribution in [3.63, 3.8) is 0 Å². The average molecular weight is 444 g/mol. The summed E-state index contributed by atoms with van der Waals surface area (Å²) in [6.07, 6.45) is -0.745. The molecule has 0 aromatic heterocycles. The van der Waals surface area contributed by atoms with E-state index < -0.39 is 27.8 Å². The van der Waals surface area contributed by atoms with Crippen LogP contribution in [-0.2, 0) is 14.3 Å². The largest absolute Gasteiger partial charge is 0.463 e. The first-order valence-corrected chi connectivity index (χ1v) is 9.88. The summed E-state index contributed by atoms with van der Waals surface area (Å²) in [5.74, 6) is -1.10. The van der Waals surface area contributed by atoms with Gasteiger partial charge in [-0.2, -0.15) is 0 Å².